The van der Waals surface area contributed by atoms with Crippen molar-refractivity contribution in [3.63, 3.8) is 0 Å². The Morgan fingerprint density at radius 2 is 1.94 bits per heavy atom. The first kappa shape index (κ1) is 14.8. The molecule has 0 fully saturated rings. The molecular weight excluding hydrogens is 265 g/mol. The number of halogens is 5. The van der Waals surface area contributed by atoms with Crippen LogP contribution < -0.4 is 5.73 Å². The van der Waals surface area contributed by atoms with Crippen molar-refractivity contribution >= 4 is 0 Å². The van der Waals surface area contributed by atoms with Crippen LogP contribution in [0.3, 0.4) is 0 Å². The van der Waals surface area contributed by atoms with Crippen LogP contribution in [-0.4, -0.2) is 29.5 Å². The van der Waals surface area contributed by atoms with E-state index in [-0.39, 0.29) is 6.61 Å². The number of nitrogens with zero attached hydrogens (tertiary/aromatic N) is 2. The van der Waals surface area contributed by atoms with Crippen LogP contribution in [0.4, 0.5) is 22.0 Å². The molecule has 104 valence electrons. The number of rotatable bonds is 5. The standard InChI is InChI=1S/C8H10F5N3O2/c1-2-17-3-4(14)5-15-6(18-16-5)7(9,10)8(11,12)13/h4H,2-3,14H2,1H3. The fourth-order valence-corrected chi connectivity index (χ4v) is 0.954. The van der Waals surface area contributed by atoms with Gasteiger partial charge in [0.15, 0.2) is 5.82 Å². The second kappa shape index (κ2) is 5.14. The van der Waals surface area contributed by atoms with Crippen LogP contribution in [0.1, 0.15) is 24.7 Å². The first-order valence-electron chi connectivity index (χ1n) is 4.82. The zero-order valence-electron chi connectivity index (χ0n) is 9.17. The second-order valence-corrected chi connectivity index (χ2v) is 3.30. The van der Waals surface area contributed by atoms with Crippen molar-refractivity contribution in [2.75, 3.05) is 13.2 Å². The number of hydrogen-bond donors (Lipinski definition) is 1. The van der Waals surface area contributed by atoms with Crippen LogP contribution in [-0.2, 0) is 10.7 Å². The van der Waals surface area contributed by atoms with Gasteiger partial charge >= 0.3 is 18.0 Å². The van der Waals surface area contributed by atoms with E-state index >= 15 is 0 Å². The van der Waals surface area contributed by atoms with Crippen molar-refractivity contribution < 1.29 is 31.2 Å². The molecule has 0 saturated heterocycles. The Morgan fingerprint density at radius 1 is 1.33 bits per heavy atom. The van der Waals surface area contributed by atoms with Crippen molar-refractivity contribution in [3.8, 4) is 0 Å². The van der Waals surface area contributed by atoms with Gasteiger partial charge in [0.1, 0.15) is 0 Å². The molecule has 1 heterocycles. The number of hydrogen-bond acceptors (Lipinski definition) is 5. The Hall–Kier alpha value is -1.29. The van der Waals surface area contributed by atoms with Crippen molar-refractivity contribution in [2.24, 2.45) is 5.73 Å². The van der Waals surface area contributed by atoms with Crippen molar-refractivity contribution in [2.45, 2.75) is 25.1 Å². The minimum Gasteiger partial charge on any atom is -0.380 e. The van der Waals surface area contributed by atoms with Gasteiger partial charge in [-0.15, -0.1) is 0 Å². The lowest BCUT2D eigenvalue weighted by atomic mass is 10.3. The van der Waals surface area contributed by atoms with Gasteiger partial charge < -0.3 is 15.0 Å². The van der Waals surface area contributed by atoms with Crippen LogP contribution in [0.2, 0.25) is 0 Å². The summed E-state index contributed by atoms with van der Waals surface area (Å²) in [4.78, 5) is 2.95. The second-order valence-electron chi connectivity index (χ2n) is 3.30. The molecule has 0 aliphatic heterocycles. The van der Waals surface area contributed by atoms with Crippen LogP contribution in [0.25, 0.3) is 0 Å². The lowest BCUT2D eigenvalue weighted by Crippen LogP contribution is -2.34. The summed E-state index contributed by atoms with van der Waals surface area (Å²) in [5, 5.41) is 2.98. The normalized spacial score (nSPS) is 14.8. The average Bonchev–Trinajstić information content (AvgIpc) is 2.73. The molecule has 0 aliphatic rings. The molecule has 1 unspecified atom stereocenters. The summed E-state index contributed by atoms with van der Waals surface area (Å²) < 4.78 is 70.3. The molecule has 0 aromatic carbocycles. The van der Waals surface area contributed by atoms with Crippen molar-refractivity contribution in [3.05, 3.63) is 11.7 Å². The highest BCUT2D eigenvalue weighted by Gasteiger charge is 2.63. The molecular formula is C8H10F5N3O2. The number of ether oxygens (including phenoxy) is 1. The van der Waals surface area contributed by atoms with E-state index in [4.69, 9.17) is 10.5 Å². The lowest BCUT2D eigenvalue weighted by Gasteiger charge is -2.14. The van der Waals surface area contributed by atoms with Crippen molar-refractivity contribution in [1.29, 1.82) is 0 Å². The van der Waals surface area contributed by atoms with Gasteiger partial charge in [-0.2, -0.15) is 26.9 Å². The zero-order valence-corrected chi connectivity index (χ0v) is 9.17. The third-order valence-electron chi connectivity index (χ3n) is 1.90. The SMILES string of the molecule is CCOCC(N)c1noc(C(F)(F)C(F)(F)F)n1. The van der Waals surface area contributed by atoms with E-state index in [0.717, 1.165) is 0 Å². The van der Waals surface area contributed by atoms with Gasteiger partial charge in [0.25, 0.3) is 0 Å². The van der Waals surface area contributed by atoms with Crippen molar-refractivity contribution in [1.82, 2.24) is 10.1 Å². The lowest BCUT2D eigenvalue weighted by molar-refractivity contribution is -0.298. The van der Waals surface area contributed by atoms with Gasteiger partial charge in [-0.25, -0.2) is 0 Å². The molecule has 1 atom stereocenters. The average molecular weight is 275 g/mol. The van der Waals surface area contributed by atoms with E-state index in [1.54, 1.807) is 6.92 Å². The quantitative estimate of drug-likeness (QED) is 0.829. The van der Waals surface area contributed by atoms with Gasteiger partial charge in [0.05, 0.1) is 12.6 Å². The third kappa shape index (κ3) is 2.93. The first-order chi connectivity index (χ1) is 8.20. The minimum absolute atomic E-state index is 0.118. The molecule has 1 aromatic heterocycles. The van der Waals surface area contributed by atoms with Gasteiger partial charge in [0.2, 0.25) is 0 Å². The highest BCUT2D eigenvalue weighted by atomic mass is 19.4. The summed E-state index contributed by atoms with van der Waals surface area (Å²) in [6.07, 6.45) is -5.80. The topological polar surface area (TPSA) is 74.2 Å². The fraction of sp³-hybridized carbons (Fsp3) is 0.750. The summed E-state index contributed by atoms with van der Waals surface area (Å²) in [5.41, 5.74) is 5.41. The van der Waals surface area contributed by atoms with Crippen LogP contribution in [0, 0.1) is 0 Å². The van der Waals surface area contributed by atoms with Gasteiger partial charge in [-0.1, -0.05) is 5.16 Å². The molecule has 1 rings (SSSR count). The first-order valence-corrected chi connectivity index (χ1v) is 4.82. The van der Waals surface area contributed by atoms with Gasteiger partial charge in [-0.05, 0) is 6.92 Å². The van der Waals surface area contributed by atoms with E-state index in [1.165, 1.54) is 0 Å². The summed E-state index contributed by atoms with van der Waals surface area (Å²) in [6.45, 7) is 1.84. The van der Waals surface area contributed by atoms with Gasteiger partial charge in [0, 0.05) is 6.61 Å². The number of aromatic nitrogens is 2. The molecule has 2 N–H and O–H groups in total. The summed E-state index contributed by atoms with van der Waals surface area (Å²) >= 11 is 0. The maximum Gasteiger partial charge on any atom is 0.463 e. The molecule has 0 spiro atoms. The molecule has 18 heavy (non-hydrogen) atoms. The van der Waals surface area contributed by atoms with Crippen LogP contribution >= 0.6 is 0 Å². The van der Waals surface area contributed by atoms with E-state index < -0.39 is 29.9 Å². The summed E-state index contributed by atoms with van der Waals surface area (Å²) in [5.74, 6) is -7.51. The summed E-state index contributed by atoms with van der Waals surface area (Å²) in [7, 11) is 0. The molecule has 0 aliphatic carbocycles. The Morgan fingerprint density at radius 3 is 2.44 bits per heavy atom. The predicted octanol–water partition coefficient (Wildman–Crippen LogP) is 1.76. The Balaban J connectivity index is 2.86. The molecule has 0 amide bonds. The highest BCUT2D eigenvalue weighted by Crippen LogP contribution is 2.43. The van der Waals surface area contributed by atoms with Crippen LogP contribution in [0.15, 0.2) is 4.52 Å². The Labute approximate surface area is 98.1 Å². The highest BCUT2D eigenvalue weighted by molar-refractivity contribution is 5.00. The molecule has 0 bridgehead atoms. The largest absolute Gasteiger partial charge is 0.463 e. The van der Waals surface area contributed by atoms with E-state index in [2.05, 4.69) is 14.7 Å². The molecule has 0 saturated carbocycles. The fourth-order valence-electron chi connectivity index (χ4n) is 0.954. The van der Waals surface area contributed by atoms with E-state index in [0.29, 0.717) is 6.61 Å². The monoisotopic (exact) mass is 275 g/mol. The molecule has 10 heteroatoms. The zero-order chi connectivity index (χ0) is 14.0. The summed E-state index contributed by atoms with van der Waals surface area (Å²) in [6, 6.07) is -1.04. The maximum atomic E-state index is 12.8. The smallest absolute Gasteiger partial charge is 0.380 e. The van der Waals surface area contributed by atoms with Gasteiger partial charge in [-0.3, -0.25) is 0 Å². The third-order valence-corrected chi connectivity index (χ3v) is 1.90. The number of nitrogens with two attached hydrogens (primary N) is 1. The van der Waals surface area contributed by atoms with E-state index in [9.17, 15) is 22.0 Å². The maximum absolute atomic E-state index is 12.8. The predicted molar refractivity (Wildman–Crippen MR) is 47.7 cm³/mol. The Kier molecular flexibility index (Phi) is 4.22. The Bertz CT molecular complexity index is 392. The molecule has 0 radical (unpaired) electrons. The van der Waals surface area contributed by atoms with E-state index in [1.807, 2.05) is 0 Å². The molecule has 5 nitrogen and oxygen atoms in total. The number of alkyl halides is 5. The molecule has 1 aromatic rings. The van der Waals surface area contributed by atoms with Crippen LogP contribution in [0.5, 0.6) is 0 Å². The minimum atomic E-state index is -5.80.